The number of nitrogens with zero attached hydrogens (tertiary/aromatic N) is 1. The average molecular weight is 337 g/mol. The Hall–Kier alpha value is -3.20. The van der Waals surface area contributed by atoms with Crippen molar-refractivity contribution in [2.75, 3.05) is 5.32 Å². The second-order valence-corrected chi connectivity index (χ2v) is 6.00. The number of carbonyl (C=O) groups excluding carboxylic acids is 2. The van der Waals surface area contributed by atoms with Crippen molar-refractivity contribution < 1.29 is 14.0 Å². The van der Waals surface area contributed by atoms with Crippen LogP contribution in [0.3, 0.4) is 0 Å². The first-order valence-electron chi connectivity index (χ1n) is 7.87. The van der Waals surface area contributed by atoms with Crippen molar-refractivity contribution in [1.82, 2.24) is 5.32 Å². The first kappa shape index (κ1) is 16.7. The first-order valence-corrected chi connectivity index (χ1v) is 7.87. The number of fused-ring (bicyclic) bond motifs is 1. The highest BCUT2D eigenvalue weighted by Gasteiger charge is 2.31. The van der Waals surface area contributed by atoms with Crippen molar-refractivity contribution >= 4 is 17.5 Å². The molecule has 6 heteroatoms. The second-order valence-electron chi connectivity index (χ2n) is 6.00. The standard InChI is InChI=1S/C19H16FN3O2/c1-11(13-4-2-12(10-21)3-5-13)22-19(25)16-9-18(24)23-17-8-14(20)6-7-15(16)17/h2-8,11,16H,9H2,1H3,(H,22,25)(H,23,24). The van der Waals surface area contributed by atoms with Crippen molar-refractivity contribution in [2.24, 2.45) is 0 Å². The topological polar surface area (TPSA) is 82.0 Å². The first-order chi connectivity index (χ1) is 12.0. The van der Waals surface area contributed by atoms with Crippen LogP contribution >= 0.6 is 0 Å². The number of carbonyl (C=O) groups is 2. The molecule has 0 saturated carbocycles. The predicted octanol–water partition coefficient (Wildman–Crippen LogP) is 3.00. The quantitative estimate of drug-likeness (QED) is 0.903. The molecule has 0 radical (unpaired) electrons. The maximum Gasteiger partial charge on any atom is 0.228 e. The van der Waals surface area contributed by atoms with E-state index in [4.69, 9.17) is 5.26 Å². The van der Waals surface area contributed by atoms with Crippen LogP contribution in [0.1, 0.15) is 42.0 Å². The molecule has 0 fully saturated rings. The molecule has 2 aromatic carbocycles. The fraction of sp³-hybridized carbons (Fsp3) is 0.211. The lowest BCUT2D eigenvalue weighted by Gasteiger charge is -2.26. The van der Waals surface area contributed by atoms with Crippen LogP contribution in [0.25, 0.3) is 0 Å². The van der Waals surface area contributed by atoms with E-state index in [0.29, 0.717) is 16.8 Å². The van der Waals surface area contributed by atoms with Gasteiger partial charge in [0.2, 0.25) is 11.8 Å². The largest absolute Gasteiger partial charge is 0.349 e. The Morgan fingerprint density at radius 1 is 1.32 bits per heavy atom. The number of hydrogen-bond acceptors (Lipinski definition) is 3. The number of benzene rings is 2. The van der Waals surface area contributed by atoms with Crippen LogP contribution in [0, 0.1) is 17.1 Å². The van der Waals surface area contributed by atoms with Gasteiger partial charge in [-0.25, -0.2) is 4.39 Å². The molecule has 25 heavy (non-hydrogen) atoms. The molecule has 2 atom stereocenters. The van der Waals surface area contributed by atoms with E-state index >= 15 is 0 Å². The van der Waals surface area contributed by atoms with E-state index in [0.717, 1.165) is 5.56 Å². The summed E-state index contributed by atoms with van der Waals surface area (Å²) in [6.45, 7) is 1.83. The maximum absolute atomic E-state index is 13.4. The molecule has 1 heterocycles. The number of anilines is 1. The van der Waals surface area contributed by atoms with Crippen LogP contribution in [0.15, 0.2) is 42.5 Å². The minimum absolute atomic E-state index is 0.0184. The molecular formula is C19H16FN3O2. The number of nitriles is 1. The van der Waals surface area contributed by atoms with Gasteiger partial charge in [-0.15, -0.1) is 0 Å². The molecule has 2 aromatic rings. The van der Waals surface area contributed by atoms with Crippen LogP contribution in [0.2, 0.25) is 0 Å². The molecule has 0 aromatic heterocycles. The maximum atomic E-state index is 13.4. The molecule has 2 N–H and O–H groups in total. The summed E-state index contributed by atoms with van der Waals surface area (Å²) in [7, 11) is 0. The summed E-state index contributed by atoms with van der Waals surface area (Å²) in [4.78, 5) is 24.5. The van der Waals surface area contributed by atoms with Crippen LogP contribution in [-0.4, -0.2) is 11.8 Å². The van der Waals surface area contributed by atoms with E-state index < -0.39 is 11.7 Å². The number of rotatable bonds is 3. The van der Waals surface area contributed by atoms with Crippen LogP contribution < -0.4 is 10.6 Å². The van der Waals surface area contributed by atoms with Gasteiger partial charge in [0.25, 0.3) is 0 Å². The molecule has 3 rings (SSSR count). The molecule has 0 bridgehead atoms. The lowest BCUT2D eigenvalue weighted by Crippen LogP contribution is -2.36. The zero-order chi connectivity index (χ0) is 18.0. The third-order valence-corrected chi connectivity index (χ3v) is 4.27. The molecule has 0 aliphatic carbocycles. The fourth-order valence-corrected chi connectivity index (χ4v) is 2.91. The number of nitrogens with one attached hydrogen (secondary N) is 2. The number of hydrogen-bond donors (Lipinski definition) is 2. The highest BCUT2D eigenvalue weighted by molar-refractivity contribution is 6.01. The van der Waals surface area contributed by atoms with Crippen molar-refractivity contribution in [1.29, 1.82) is 5.26 Å². The van der Waals surface area contributed by atoms with Gasteiger partial charge in [0.1, 0.15) is 5.82 Å². The lowest BCUT2D eigenvalue weighted by atomic mass is 9.89. The normalized spacial score (nSPS) is 17.0. The smallest absolute Gasteiger partial charge is 0.228 e. The Labute approximate surface area is 144 Å². The van der Waals surface area contributed by atoms with Gasteiger partial charge in [-0.05, 0) is 42.3 Å². The molecule has 126 valence electrons. The van der Waals surface area contributed by atoms with E-state index in [9.17, 15) is 14.0 Å². The summed E-state index contributed by atoms with van der Waals surface area (Å²) in [5, 5.41) is 14.3. The second kappa shape index (κ2) is 6.73. The van der Waals surface area contributed by atoms with Gasteiger partial charge in [0.05, 0.1) is 23.6 Å². The summed E-state index contributed by atoms with van der Waals surface area (Å²) in [5.74, 6) is -1.74. The number of amides is 2. The summed E-state index contributed by atoms with van der Waals surface area (Å²) in [5.41, 5.74) is 2.34. The highest BCUT2D eigenvalue weighted by Crippen LogP contribution is 2.33. The zero-order valence-corrected chi connectivity index (χ0v) is 13.5. The van der Waals surface area contributed by atoms with Crippen LogP contribution in [-0.2, 0) is 9.59 Å². The molecule has 2 unspecified atom stereocenters. The minimum Gasteiger partial charge on any atom is -0.349 e. The van der Waals surface area contributed by atoms with Crippen LogP contribution in [0.5, 0.6) is 0 Å². The summed E-state index contributed by atoms with van der Waals surface area (Å²) in [6, 6.07) is 12.7. The molecule has 1 aliphatic rings. The molecule has 0 spiro atoms. The predicted molar refractivity (Wildman–Crippen MR) is 90.1 cm³/mol. The summed E-state index contributed by atoms with van der Waals surface area (Å²) >= 11 is 0. The molecule has 1 aliphatic heterocycles. The average Bonchev–Trinajstić information content (AvgIpc) is 2.60. The van der Waals surface area contributed by atoms with Crippen molar-refractivity contribution in [2.45, 2.75) is 25.3 Å². The third kappa shape index (κ3) is 3.50. The van der Waals surface area contributed by atoms with Gasteiger partial charge in [0.15, 0.2) is 0 Å². The minimum atomic E-state index is -0.662. The molecule has 2 amide bonds. The van der Waals surface area contributed by atoms with Crippen LogP contribution in [0.4, 0.5) is 10.1 Å². The van der Waals surface area contributed by atoms with Gasteiger partial charge in [-0.3, -0.25) is 9.59 Å². The number of halogens is 1. The Bertz CT molecular complexity index is 871. The summed E-state index contributed by atoms with van der Waals surface area (Å²) in [6.07, 6.45) is 0.0184. The van der Waals surface area contributed by atoms with E-state index in [2.05, 4.69) is 10.6 Å². The molecule has 0 saturated heterocycles. The van der Waals surface area contributed by atoms with E-state index in [1.807, 2.05) is 13.0 Å². The molecule has 5 nitrogen and oxygen atoms in total. The van der Waals surface area contributed by atoms with E-state index in [1.54, 1.807) is 24.3 Å². The fourth-order valence-electron chi connectivity index (χ4n) is 2.91. The molecular weight excluding hydrogens is 321 g/mol. The van der Waals surface area contributed by atoms with Crippen molar-refractivity contribution in [3.8, 4) is 6.07 Å². The highest BCUT2D eigenvalue weighted by atomic mass is 19.1. The van der Waals surface area contributed by atoms with Gasteiger partial charge < -0.3 is 10.6 Å². The van der Waals surface area contributed by atoms with Gasteiger partial charge in [-0.1, -0.05) is 18.2 Å². The third-order valence-electron chi connectivity index (χ3n) is 4.27. The van der Waals surface area contributed by atoms with Gasteiger partial charge in [-0.2, -0.15) is 5.26 Å². The van der Waals surface area contributed by atoms with E-state index in [1.165, 1.54) is 18.2 Å². The Morgan fingerprint density at radius 3 is 2.72 bits per heavy atom. The zero-order valence-electron chi connectivity index (χ0n) is 13.5. The Kier molecular flexibility index (Phi) is 4.48. The monoisotopic (exact) mass is 337 g/mol. The Morgan fingerprint density at radius 2 is 2.04 bits per heavy atom. The van der Waals surface area contributed by atoms with Crippen molar-refractivity contribution in [3.63, 3.8) is 0 Å². The summed E-state index contributed by atoms with van der Waals surface area (Å²) < 4.78 is 13.4. The Balaban J connectivity index is 1.79. The van der Waals surface area contributed by atoms with Crippen molar-refractivity contribution in [3.05, 3.63) is 65.0 Å². The van der Waals surface area contributed by atoms with Gasteiger partial charge in [0, 0.05) is 12.1 Å². The SMILES string of the molecule is CC(NC(=O)C1CC(=O)Nc2cc(F)ccc21)c1ccc(C#N)cc1. The lowest BCUT2D eigenvalue weighted by molar-refractivity contribution is -0.126. The van der Waals surface area contributed by atoms with E-state index in [-0.39, 0.29) is 24.3 Å². The van der Waals surface area contributed by atoms with Gasteiger partial charge >= 0.3 is 0 Å².